The smallest absolute Gasteiger partial charge is 0.136 e. The minimum atomic E-state index is 0.103. The number of rotatable bonds is 1. The zero-order chi connectivity index (χ0) is 11.1. The van der Waals surface area contributed by atoms with E-state index in [1.807, 2.05) is 18.2 Å². The Morgan fingerprint density at radius 1 is 1.50 bits per heavy atom. The molecule has 1 aromatic heterocycles. The Bertz CT molecular complexity index is 523. The summed E-state index contributed by atoms with van der Waals surface area (Å²) in [5.41, 5.74) is 1.92. The second-order valence-electron chi connectivity index (χ2n) is 4.34. The predicted octanol–water partition coefficient (Wildman–Crippen LogP) is 3.31. The van der Waals surface area contributed by atoms with Crippen molar-refractivity contribution in [3.8, 4) is 0 Å². The zero-order valence-corrected chi connectivity index (χ0v) is 9.79. The van der Waals surface area contributed by atoms with Gasteiger partial charge in [0.15, 0.2) is 0 Å². The van der Waals surface area contributed by atoms with E-state index in [0.717, 1.165) is 34.9 Å². The first kappa shape index (κ1) is 10.1. The number of imidazole rings is 1. The first-order valence-corrected chi connectivity index (χ1v) is 5.88. The van der Waals surface area contributed by atoms with Crippen molar-refractivity contribution < 1.29 is 4.74 Å². The number of fused-ring (bicyclic) bond motifs is 1. The van der Waals surface area contributed by atoms with Crippen molar-refractivity contribution in [1.82, 2.24) is 9.97 Å². The Hall–Kier alpha value is -1.06. The molecule has 84 valence electrons. The maximum Gasteiger partial charge on any atom is 0.136 e. The third-order valence-electron chi connectivity index (χ3n) is 3.12. The van der Waals surface area contributed by atoms with Gasteiger partial charge in [-0.2, -0.15) is 0 Å². The van der Waals surface area contributed by atoms with Gasteiger partial charge in [-0.05, 0) is 30.5 Å². The molecule has 0 saturated carbocycles. The number of aromatic nitrogens is 2. The summed E-state index contributed by atoms with van der Waals surface area (Å²) in [6, 6.07) is 5.68. The minimum absolute atomic E-state index is 0.103. The van der Waals surface area contributed by atoms with Gasteiger partial charge >= 0.3 is 0 Å². The molecule has 0 radical (unpaired) electrons. The molecule has 3 rings (SSSR count). The van der Waals surface area contributed by atoms with Crippen LogP contribution in [0.4, 0.5) is 0 Å². The van der Waals surface area contributed by atoms with Crippen molar-refractivity contribution in [2.45, 2.75) is 19.4 Å². The van der Waals surface area contributed by atoms with E-state index in [2.05, 4.69) is 16.9 Å². The lowest BCUT2D eigenvalue weighted by molar-refractivity contribution is 0.0883. The molecule has 1 fully saturated rings. The van der Waals surface area contributed by atoms with Gasteiger partial charge in [-0.15, -0.1) is 0 Å². The van der Waals surface area contributed by atoms with Crippen molar-refractivity contribution in [3.63, 3.8) is 0 Å². The van der Waals surface area contributed by atoms with Crippen molar-refractivity contribution >= 4 is 22.6 Å². The molecular formula is C12H13ClN2O. The monoisotopic (exact) mass is 236 g/mol. The normalized spacial score (nSPS) is 25.4. The van der Waals surface area contributed by atoms with Crippen molar-refractivity contribution in [1.29, 1.82) is 0 Å². The fourth-order valence-corrected chi connectivity index (χ4v) is 2.35. The lowest BCUT2D eigenvalue weighted by Crippen LogP contribution is -2.05. The van der Waals surface area contributed by atoms with Crippen LogP contribution < -0.4 is 0 Å². The quantitative estimate of drug-likeness (QED) is 0.825. The van der Waals surface area contributed by atoms with E-state index in [1.54, 1.807) is 0 Å². The van der Waals surface area contributed by atoms with Gasteiger partial charge in [0.2, 0.25) is 0 Å². The maximum atomic E-state index is 5.94. The van der Waals surface area contributed by atoms with Gasteiger partial charge in [0.25, 0.3) is 0 Å². The molecule has 0 spiro atoms. The van der Waals surface area contributed by atoms with Gasteiger partial charge in [-0.1, -0.05) is 18.5 Å². The van der Waals surface area contributed by atoms with Crippen LogP contribution in [0.15, 0.2) is 18.2 Å². The largest absolute Gasteiger partial charge is 0.370 e. The van der Waals surface area contributed by atoms with Crippen LogP contribution in [0, 0.1) is 5.92 Å². The Morgan fingerprint density at radius 2 is 2.38 bits per heavy atom. The summed E-state index contributed by atoms with van der Waals surface area (Å²) in [4.78, 5) is 7.84. The fraction of sp³-hybridized carbons (Fsp3) is 0.417. The number of nitrogens with one attached hydrogen (secondary N) is 1. The van der Waals surface area contributed by atoms with Gasteiger partial charge in [0.05, 0.1) is 11.0 Å². The second kappa shape index (κ2) is 3.75. The van der Waals surface area contributed by atoms with Crippen LogP contribution in [0.1, 0.15) is 25.3 Å². The van der Waals surface area contributed by atoms with Crippen LogP contribution in [0.3, 0.4) is 0 Å². The third kappa shape index (κ3) is 1.60. The zero-order valence-electron chi connectivity index (χ0n) is 9.03. The Balaban J connectivity index is 2.04. The van der Waals surface area contributed by atoms with Gasteiger partial charge in [0, 0.05) is 11.6 Å². The molecular weight excluding hydrogens is 224 g/mol. The summed E-state index contributed by atoms with van der Waals surface area (Å²) in [5, 5.41) is 0.725. The van der Waals surface area contributed by atoms with E-state index >= 15 is 0 Å². The highest BCUT2D eigenvalue weighted by Crippen LogP contribution is 2.33. The molecule has 4 heteroatoms. The molecule has 1 saturated heterocycles. The first-order valence-electron chi connectivity index (χ1n) is 5.51. The van der Waals surface area contributed by atoms with Crippen LogP contribution in [0.2, 0.25) is 5.02 Å². The number of hydrogen-bond donors (Lipinski definition) is 1. The molecule has 16 heavy (non-hydrogen) atoms. The van der Waals surface area contributed by atoms with Gasteiger partial charge in [-0.3, -0.25) is 0 Å². The average molecular weight is 237 g/mol. The van der Waals surface area contributed by atoms with E-state index < -0.39 is 0 Å². The number of halogens is 1. The number of hydrogen-bond acceptors (Lipinski definition) is 2. The van der Waals surface area contributed by atoms with E-state index in [1.165, 1.54) is 0 Å². The number of benzene rings is 1. The summed E-state index contributed by atoms with van der Waals surface area (Å²) in [7, 11) is 0. The lowest BCUT2D eigenvalue weighted by atomic mass is 10.0. The number of aromatic amines is 1. The van der Waals surface area contributed by atoms with Crippen LogP contribution >= 0.6 is 11.6 Å². The van der Waals surface area contributed by atoms with Gasteiger partial charge in [-0.25, -0.2) is 4.98 Å². The molecule has 0 amide bonds. The summed E-state index contributed by atoms with van der Waals surface area (Å²) in [6.45, 7) is 3.02. The van der Waals surface area contributed by atoms with Crippen LogP contribution in [-0.2, 0) is 4.74 Å². The molecule has 1 aliphatic rings. The molecule has 2 aromatic rings. The molecule has 2 heterocycles. The topological polar surface area (TPSA) is 37.9 Å². The SMILES string of the molecule is CC1CCOC1c1nc2ccc(Cl)cc2[nH]1. The standard InChI is InChI=1S/C12H13ClN2O/c1-7-4-5-16-11(7)12-14-9-3-2-8(13)6-10(9)15-12/h2-3,6-7,11H,4-5H2,1H3,(H,14,15). The molecule has 1 aliphatic heterocycles. The molecule has 2 unspecified atom stereocenters. The van der Waals surface area contributed by atoms with Gasteiger partial charge in [0.1, 0.15) is 11.9 Å². The Morgan fingerprint density at radius 3 is 3.12 bits per heavy atom. The molecule has 1 N–H and O–H groups in total. The van der Waals surface area contributed by atoms with E-state index in [-0.39, 0.29) is 6.10 Å². The highest BCUT2D eigenvalue weighted by atomic mass is 35.5. The first-order chi connectivity index (χ1) is 7.74. The highest BCUT2D eigenvalue weighted by molar-refractivity contribution is 6.31. The average Bonchev–Trinajstić information content (AvgIpc) is 2.82. The van der Waals surface area contributed by atoms with Gasteiger partial charge < -0.3 is 9.72 Å². The molecule has 2 atom stereocenters. The Kier molecular flexibility index (Phi) is 2.37. The summed E-state index contributed by atoms with van der Waals surface area (Å²) in [6.07, 6.45) is 1.20. The van der Waals surface area contributed by atoms with Crippen LogP contribution in [-0.4, -0.2) is 16.6 Å². The maximum absolute atomic E-state index is 5.94. The molecule has 1 aromatic carbocycles. The van der Waals surface area contributed by atoms with E-state index in [4.69, 9.17) is 16.3 Å². The third-order valence-corrected chi connectivity index (χ3v) is 3.35. The Labute approximate surface area is 98.8 Å². The second-order valence-corrected chi connectivity index (χ2v) is 4.78. The minimum Gasteiger partial charge on any atom is -0.370 e. The molecule has 3 nitrogen and oxygen atoms in total. The summed E-state index contributed by atoms with van der Waals surface area (Å²) >= 11 is 5.94. The van der Waals surface area contributed by atoms with Crippen molar-refractivity contribution in [3.05, 3.63) is 29.0 Å². The fourth-order valence-electron chi connectivity index (χ4n) is 2.18. The molecule has 0 aliphatic carbocycles. The van der Waals surface area contributed by atoms with Crippen LogP contribution in [0.5, 0.6) is 0 Å². The van der Waals surface area contributed by atoms with E-state index in [9.17, 15) is 0 Å². The van der Waals surface area contributed by atoms with Crippen LogP contribution in [0.25, 0.3) is 11.0 Å². The number of nitrogens with zero attached hydrogens (tertiary/aromatic N) is 1. The highest BCUT2D eigenvalue weighted by Gasteiger charge is 2.28. The molecule has 0 bridgehead atoms. The van der Waals surface area contributed by atoms with Crippen molar-refractivity contribution in [2.75, 3.05) is 6.61 Å². The summed E-state index contributed by atoms with van der Waals surface area (Å²) < 4.78 is 5.68. The summed E-state index contributed by atoms with van der Waals surface area (Å²) in [5.74, 6) is 1.44. The van der Waals surface area contributed by atoms with Crippen molar-refractivity contribution in [2.24, 2.45) is 5.92 Å². The predicted molar refractivity (Wildman–Crippen MR) is 63.6 cm³/mol. The number of H-pyrrole nitrogens is 1. The number of ether oxygens (including phenoxy) is 1. The lowest BCUT2D eigenvalue weighted by Gasteiger charge is -2.10. The van der Waals surface area contributed by atoms with E-state index in [0.29, 0.717) is 5.92 Å².